The van der Waals surface area contributed by atoms with Crippen molar-refractivity contribution >= 4 is 15.9 Å². The van der Waals surface area contributed by atoms with Crippen molar-refractivity contribution in [2.24, 2.45) is 5.92 Å². The Balaban J connectivity index is 1.44. The van der Waals surface area contributed by atoms with Crippen LogP contribution in [0.25, 0.3) is 0 Å². The number of nitrogens with zero attached hydrogens (tertiary/aromatic N) is 1. The molecule has 3 fully saturated rings. The number of carbonyl (C=O) groups is 1. The molecule has 1 N–H and O–H groups in total. The molecular weight excluding hydrogens is 526 g/mol. The van der Waals surface area contributed by atoms with E-state index in [-0.39, 0.29) is 55.6 Å². The van der Waals surface area contributed by atoms with Crippen molar-refractivity contribution in [1.29, 1.82) is 0 Å². The molecule has 2 aromatic rings. The van der Waals surface area contributed by atoms with Crippen molar-refractivity contribution in [3.05, 3.63) is 83.4 Å². The highest BCUT2D eigenvalue weighted by Gasteiger charge is 2.45. The zero-order chi connectivity index (χ0) is 27.6. The second-order valence-corrected chi connectivity index (χ2v) is 12.7. The van der Waals surface area contributed by atoms with Crippen LogP contribution in [0.4, 0.5) is 8.78 Å². The van der Waals surface area contributed by atoms with Gasteiger partial charge in [0.15, 0.2) is 0 Å². The van der Waals surface area contributed by atoms with Crippen LogP contribution < -0.4 is 5.32 Å². The Hall–Kier alpha value is -2.66. The number of hydrogen-bond donors (Lipinski definition) is 1. The van der Waals surface area contributed by atoms with Crippen LogP contribution in [-0.4, -0.2) is 57.6 Å². The van der Waals surface area contributed by atoms with Crippen LogP contribution in [0.3, 0.4) is 0 Å². The van der Waals surface area contributed by atoms with E-state index in [4.69, 9.17) is 9.47 Å². The van der Waals surface area contributed by atoms with Gasteiger partial charge in [0.2, 0.25) is 15.9 Å². The Morgan fingerprint density at radius 1 is 1.08 bits per heavy atom. The summed E-state index contributed by atoms with van der Waals surface area (Å²) < 4.78 is 70.6. The maximum atomic E-state index is 15.8. The van der Waals surface area contributed by atoms with Crippen molar-refractivity contribution < 1.29 is 31.5 Å². The summed E-state index contributed by atoms with van der Waals surface area (Å²) in [5.41, 5.74) is -0.730. The molecule has 0 aliphatic carbocycles. The molecule has 2 aromatic carbocycles. The summed E-state index contributed by atoms with van der Waals surface area (Å²) in [4.78, 5) is 13.4. The first-order chi connectivity index (χ1) is 18.8. The molecule has 2 atom stereocenters. The minimum atomic E-state index is -3.89. The quantitative estimate of drug-likeness (QED) is 0.494. The van der Waals surface area contributed by atoms with Crippen LogP contribution >= 0.6 is 0 Å². The van der Waals surface area contributed by atoms with Gasteiger partial charge in [-0.1, -0.05) is 36.4 Å². The van der Waals surface area contributed by atoms with Gasteiger partial charge in [-0.15, -0.1) is 6.58 Å². The third kappa shape index (κ3) is 5.39. The summed E-state index contributed by atoms with van der Waals surface area (Å²) >= 11 is 0. The first-order valence-electron chi connectivity index (χ1n) is 13.4. The Morgan fingerprint density at radius 3 is 2.44 bits per heavy atom. The number of nitrogens with one attached hydrogen (secondary N) is 1. The largest absolute Gasteiger partial charge is 0.381 e. The molecule has 0 unspecified atom stereocenters. The van der Waals surface area contributed by atoms with E-state index in [0.717, 1.165) is 12.1 Å². The summed E-state index contributed by atoms with van der Waals surface area (Å²) in [6, 6.07) is 10.5. The van der Waals surface area contributed by atoms with Gasteiger partial charge in [0.25, 0.3) is 0 Å². The number of hydrogen-bond acceptors (Lipinski definition) is 5. The summed E-state index contributed by atoms with van der Waals surface area (Å²) in [7, 11) is -3.89. The van der Waals surface area contributed by atoms with Crippen LogP contribution in [0.1, 0.15) is 47.6 Å². The zero-order valence-corrected chi connectivity index (χ0v) is 22.6. The standard InChI is InChI=1S/C29H34F2N2O5S/c1-2-23-8-9-27(21-6-4-3-5-7-21)39(35,36)33(23)17-22-14-26(31)24(15-25(22)30)29(10-12-37-13-11-29)28(34)32-16-20-18-38-19-20/h2-7,14-15,20,23,27H,1,8-13,16-19H2,(H,32,34)/t23-,27+/m0/s1. The lowest BCUT2D eigenvalue weighted by Crippen LogP contribution is -2.51. The molecule has 0 radical (unpaired) electrons. The number of ether oxygens (including phenoxy) is 2. The highest BCUT2D eigenvalue weighted by atomic mass is 32.2. The average Bonchev–Trinajstić information content (AvgIpc) is 2.91. The van der Waals surface area contributed by atoms with Crippen LogP contribution in [0, 0.1) is 17.6 Å². The number of halogens is 2. The Labute approximate surface area is 228 Å². The minimum absolute atomic E-state index is 0.0293. The van der Waals surface area contributed by atoms with Crippen molar-refractivity contribution in [2.45, 2.75) is 48.9 Å². The first kappa shape index (κ1) is 27.9. The Kier molecular flexibility index (Phi) is 8.19. The number of benzene rings is 2. The van der Waals surface area contributed by atoms with Gasteiger partial charge in [0, 0.05) is 49.4 Å². The average molecular weight is 561 g/mol. The van der Waals surface area contributed by atoms with E-state index in [0.29, 0.717) is 38.2 Å². The molecule has 3 aliphatic rings. The monoisotopic (exact) mass is 560 g/mol. The van der Waals surface area contributed by atoms with E-state index < -0.39 is 38.4 Å². The van der Waals surface area contributed by atoms with Crippen molar-refractivity contribution in [1.82, 2.24) is 9.62 Å². The lowest BCUT2D eigenvalue weighted by molar-refractivity contribution is -0.131. The van der Waals surface area contributed by atoms with Crippen molar-refractivity contribution in [3.8, 4) is 0 Å². The summed E-state index contributed by atoms with van der Waals surface area (Å²) in [5, 5.41) is 2.12. The molecule has 10 heteroatoms. The van der Waals surface area contributed by atoms with Gasteiger partial charge in [-0.05, 0) is 43.4 Å². The second kappa shape index (κ2) is 11.4. The fourth-order valence-corrected chi connectivity index (χ4v) is 7.96. The van der Waals surface area contributed by atoms with Gasteiger partial charge in [-0.25, -0.2) is 17.2 Å². The maximum Gasteiger partial charge on any atom is 0.230 e. The zero-order valence-electron chi connectivity index (χ0n) is 21.8. The number of rotatable bonds is 8. The smallest absolute Gasteiger partial charge is 0.230 e. The van der Waals surface area contributed by atoms with Crippen LogP contribution in [0.5, 0.6) is 0 Å². The van der Waals surface area contributed by atoms with Crippen molar-refractivity contribution in [3.63, 3.8) is 0 Å². The summed E-state index contributed by atoms with van der Waals surface area (Å²) in [6.07, 6.45) is 2.89. The van der Waals surface area contributed by atoms with Crippen molar-refractivity contribution in [2.75, 3.05) is 33.0 Å². The van der Waals surface area contributed by atoms with E-state index >= 15 is 8.78 Å². The van der Waals surface area contributed by atoms with E-state index in [1.165, 1.54) is 10.4 Å². The van der Waals surface area contributed by atoms with Gasteiger partial charge >= 0.3 is 0 Å². The van der Waals surface area contributed by atoms with Gasteiger partial charge in [-0.3, -0.25) is 4.79 Å². The fraction of sp³-hybridized carbons (Fsp3) is 0.483. The molecule has 39 heavy (non-hydrogen) atoms. The molecule has 0 spiro atoms. The fourth-order valence-electron chi connectivity index (χ4n) is 5.81. The minimum Gasteiger partial charge on any atom is -0.381 e. The second-order valence-electron chi connectivity index (χ2n) is 10.6. The maximum absolute atomic E-state index is 15.8. The number of amides is 1. The third-order valence-electron chi connectivity index (χ3n) is 8.24. The molecule has 0 aromatic heterocycles. The molecule has 0 bridgehead atoms. The molecular formula is C29H34F2N2O5S. The summed E-state index contributed by atoms with van der Waals surface area (Å²) in [6.45, 7) is 5.47. The molecule has 0 saturated carbocycles. The lowest BCUT2D eigenvalue weighted by atomic mass is 9.72. The third-order valence-corrected chi connectivity index (χ3v) is 10.5. The topological polar surface area (TPSA) is 84.9 Å². The number of sulfonamides is 1. The predicted octanol–water partition coefficient (Wildman–Crippen LogP) is 4.00. The van der Waals surface area contributed by atoms with E-state index in [1.807, 2.05) is 6.07 Å². The first-order valence-corrected chi connectivity index (χ1v) is 14.9. The highest BCUT2D eigenvalue weighted by molar-refractivity contribution is 7.89. The lowest BCUT2D eigenvalue weighted by Gasteiger charge is -2.39. The highest BCUT2D eigenvalue weighted by Crippen LogP contribution is 2.41. The SMILES string of the molecule is C=C[C@H]1CC[C@H](c2ccccc2)S(=O)(=O)N1Cc1cc(F)c(C2(C(=O)NCC3COC3)CCOCC2)cc1F. The molecule has 3 saturated heterocycles. The van der Waals surface area contributed by atoms with E-state index in [9.17, 15) is 13.2 Å². The van der Waals surface area contributed by atoms with E-state index in [2.05, 4.69) is 11.9 Å². The normalized spacial score (nSPS) is 25.0. The molecule has 3 aliphatic heterocycles. The summed E-state index contributed by atoms with van der Waals surface area (Å²) in [5.74, 6) is -1.64. The predicted molar refractivity (Wildman–Crippen MR) is 142 cm³/mol. The van der Waals surface area contributed by atoms with Crippen LogP contribution in [0.2, 0.25) is 0 Å². The van der Waals surface area contributed by atoms with Crippen LogP contribution in [0.15, 0.2) is 55.1 Å². The molecule has 210 valence electrons. The number of carbonyl (C=O) groups excluding carboxylic acids is 1. The Morgan fingerprint density at radius 2 is 1.79 bits per heavy atom. The molecule has 5 rings (SSSR count). The molecule has 3 heterocycles. The van der Waals surface area contributed by atoms with Gasteiger partial charge in [-0.2, -0.15) is 4.31 Å². The van der Waals surface area contributed by atoms with Gasteiger partial charge in [0.05, 0.1) is 18.6 Å². The molecule has 1 amide bonds. The Bertz CT molecular complexity index is 1310. The van der Waals surface area contributed by atoms with Gasteiger partial charge < -0.3 is 14.8 Å². The molecule has 7 nitrogen and oxygen atoms in total. The van der Waals surface area contributed by atoms with Crippen LogP contribution in [-0.2, 0) is 36.3 Å². The van der Waals surface area contributed by atoms with Gasteiger partial charge in [0.1, 0.15) is 16.9 Å². The van der Waals surface area contributed by atoms with E-state index in [1.54, 1.807) is 24.3 Å².